The quantitative estimate of drug-likeness (QED) is 0.735. The Labute approximate surface area is 88.8 Å². The zero-order chi connectivity index (χ0) is 10.4. The first-order valence-corrected chi connectivity index (χ1v) is 6.27. The van der Waals surface area contributed by atoms with Gasteiger partial charge in [0, 0.05) is 18.6 Å². The summed E-state index contributed by atoms with van der Waals surface area (Å²) in [5, 5.41) is 0. The molecular formula is C12H26N2. The zero-order valence-corrected chi connectivity index (χ0v) is 9.84. The van der Waals surface area contributed by atoms with Crippen molar-refractivity contribution >= 4 is 0 Å². The van der Waals surface area contributed by atoms with Crippen molar-refractivity contribution in [3.63, 3.8) is 0 Å². The van der Waals surface area contributed by atoms with Crippen molar-refractivity contribution in [3.8, 4) is 0 Å². The highest BCUT2D eigenvalue weighted by Crippen LogP contribution is 2.22. The minimum absolute atomic E-state index is 0.372. The molecule has 1 aliphatic carbocycles. The average molecular weight is 198 g/mol. The number of nitrogens with zero attached hydrogens (tertiary/aromatic N) is 1. The van der Waals surface area contributed by atoms with Crippen LogP contribution in [0.25, 0.3) is 0 Å². The Hall–Kier alpha value is -0.0800. The highest BCUT2D eigenvalue weighted by Gasteiger charge is 2.20. The van der Waals surface area contributed by atoms with E-state index in [-0.39, 0.29) is 0 Å². The summed E-state index contributed by atoms with van der Waals surface area (Å²) >= 11 is 0. The molecule has 1 aliphatic rings. The largest absolute Gasteiger partial charge is 0.327 e. The molecule has 0 saturated heterocycles. The average Bonchev–Trinajstić information content (AvgIpc) is 2.26. The molecule has 0 spiro atoms. The van der Waals surface area contributed by atoms with Gasteiger partial charge in [-0.15, -0.1) is 0 Å². The van der Waals surface area contributed by atoms with Crippen LogP contribution >= 0.6 is 0 Å². The summed E-state index contributed by atoms with van der Waals surface area (Å²) in [4.78, 5) is 2.59. The standard InChI is InChI=1S/C12H26N2/c1-3-11(13)10-14(4-2)12-8-6-5-7-9-12/h11-12H,3-10,13H2,1-2H3. The molecule has 84 valence electrons. The van der Waals surface area contributed by atoms with Gasteiger partial charge in [-0.1, -0.05) is 33.1 Å². The molecule has 0 aliphatic heterocycles. The van der Waals surface area contributed by atoms with E-state index in [0.717, 1.165) is 19.0 Å². The van der Waals surface area contributed by atoms with Gasteiger partial charge >= 0.3 is 0 Å². The van der Waals surface area contributed by atoms with Crippen molar-refractivity contribution < 1.29 is 0 Å². The van der Waals surface area contributed by atoms with Gasteiger partial charge in [-0.05, 0) is 25.8 Å². The van der Waals surface area contributed by atoms with Gasteiger partial charge in [-0.25, -0.2) is 0 Å². The van der Waals surface area contributed by atoms with Gasteiger partial charge in [0.05, 0.1) is 0 Å². The van der Waals surface area contributed by atoms with Gasteiger partial charge in [0.1, 0.15) is 0 Å². The maximum absolute atomic E-state index is 6.01. The van der Waals surface area contributed by atoms with E-state index in [0.29, 0.717) is 6.04 Å². The van der Waals surface area contributed by atoms with Crippen molar-refractivity contribution in [2.45, 2.75) is 64.5 Å². The van der Waals surface area contributed by atoms with E-state index in [1.807, 2.05) is 0 Å². The second-order valence-corrected chi connectivity index (χ2v) is 4.55. The van der Waals surface area contributed by atoms with Crippen molar-refractivity contribution in [3.05, 3.63) is 0 Å². The summed E-state index contributed by atoms with van der Waals surface area (Å²) in [6.45, 7) is 6.70. The lowest BCUT2D eigenvalue weighted by atomic mass is 9.94. The van der Waals surface area contributed by atoms with E-state index in [2.05, 4.69) is 18.7 Å². The molecule has 0 aromatic heterocycles. The van der Waals surface area contributed by atoms with Crippen LogP contribution in [0.15, 0.2) is 0 Å². The van der Waals surface area contributed by atoms with Crippen molar-refractivity contribution in [1.29, 1.82) is 0 Å². The Morgan fingerprint density at radius 2 is 1.86 bits per heavy atom. The van der Waals surface area contributed by atoms with Crippen LogP contribution in [-0.4, -0.2) is 30.1 Å². The fraction of sp³-hybridized carbons (Fsp3) is 1.00. The second kappa shape index (κ2) is 6.41. The van der Waals surface area contributed by atoms with Crippen LogP contribution in [0.3, 0.4) is 0 Å². The topological polar surface area (TPSA) is 29.3 Å². The Bertz CT molecular complexity index is 141. The molecular weight excluding hydrogens is 172 g/mol. The van der Waals surface area contributed by atoms with E-state index in [1.165, 1.54) is 38.6 Å². The zero-order valence-electron chi connectivity index (χ0n) is 9.84. The molecule has 1 unspecified atom stereocenters. The summed E-state index contributed by atoms with van der Waals surface area (Å²) in [5.74, 6) is 0. The predicted octanol–water partition coefficient (Wildman–Crippen LogP) is 2.38. The van der Waals surface area contributed by atoms with E-state index >= 15 is 0 Å². The van der Waals surface area contributed by atoms with Crippen LogP contribution in [0.1, 0.15) is 52.4 Å². The number of rotatable bonds is 5. The fourth-order valence-corrected chi connectivity index (χ4v) is 2.41. The lowest BCUT2D eigenvalue weighted by Crippen LogP contribution is -2.43. The summed E-state index contributed by atoms with van der Waals surface area (Å²) < 4.78 is 0. The lowest BCUT2D eigenvalue weighted by Gasteiger charge is -2.34. The molecule has 2 nitrogen and oxygen atoms in total. The summed E-state index contributed by atoms with van der Waals surface area (Å²) in [7, 11) is 0. The molecule has 1 rings (SSSR count). The van der Waals surface area contributed by atoms with Gasteiger partial charge in [0.15, 0.2) is 0 Å². The third-order valence-electron chi connectivity index (χ3n) is 3.49. The molecule has 0 bridgehead atoms. The maximum atomic E-state index is 6.01. The third kappa shape index (κ3) is 3.58. The first kappa shape index (κ1) is 12.0. The number of nitrogens with two attached hydrogens (primary N) is 1. The van der Waals surface area contributed by atoms with Crippen LogP contribution in [0.4, 0.5) is 0 Å². The molecule has 1 atom stereocenters. The Morgan fingerprint density at radius 3 is 2.36 bits per heavy atom. The molecule has 0 radical (unpaired) electrons. The highest BCUT2D eigenvalue weighted by molar-refractivity contribution is 4.77. The van der Waals surface area contributed by atoms with Crippen LogP contribution in [0.2, 0.25) is 0 Å². The number of hydrogen-bond donors (Lipinski definition) is 1. The number of hydrogen-bond acceptors (Lipinski definition) is 2. The highest BCUT2D eigenvalue weighted by atomic mass is 15.2. The van der Waals surface area contributed by atoms with Crippen LogP contribution in [0, 0.1) is 0 Å². The fourth-order valence-electron chi connectivity index (χ4n) is 2.41. The Kier molecular flexibility index (Phi) is 5.49. The van der Waals surface area contributed by atoms with Gasteiger partial charge in [0.2, 0.25) is 0 Å². The van der Waals surface area contributed by atoms with Crippen LogP contribution in [0.5, 0.6) is 0 Å². The molecule has 2 heteroatoms. The van der Waals surface area contributed by atoms with Crippen molar-refractivity contribution in [2.24, 2.45) is 5.73 Å². The monoisotopic (exact) mass is 198 g/mol. The SMILES string of the molecule is CCC(N)CN(CC)C1CCCCC1. The first-order chi connectivity index (χ1) is 6.77. The number of likely N-dealkylation sites (N-methyl/N-ethyl adjacent to an activating group) is 1. The molecule has 14 heavy (non-hydrogen) atoms. The normalized spacial score (nSPS) is 21.4. The van der Waals surface area contributed by atoms with Crippen molar-refractivity contribution in [2.75, 3.05) is 13.1 Å². The van der Waals surface area contributed by atoms with E-state index in [4.69, 9.17) is 5.73 Å². The second-order valence-electron chi connectivity index (χ2n) is 4.55. The van der Waals surface area contributed by atoms with E-state index < -0.39 is 0 Å². The molecule has 2 N–H and O–H groups in total. The van der Waals surface area contributed by atoms with E-state index in [1.54, 1.807) is 0 Å². The first-order valence-electron chi connectivity index (χ1n) is 6.27. The van der Waals surface area contributed by atoms with Gasteiger partial charge in [-0.2, -0.15) is 0 Å². The minimum Gasteiger partial charge on any atom is -0.327 e. The molecule has 0 aromatic rings. The predicted molar refractivity (Wildman–Crippen MR) is 62.4 cm³/mol. The molecule has 1 fully saturated rings. The molecule has 1 saturated carbocycles. The molecule has 0 heterocycles. The van der Waals surface area contributed by atoms with Crippen LogP contribution < -0.4 is 5.73 Å². The molecule has 0 aromatic carbocycles. The van der Waals surface area contributed by atoms with Gasteiger partial charge in [0.25, 0.3) is 0 Å². The Morgan fingerprint density at radius 1 is 1.21 bits per heavy atom. The summed E-state index contributed by atoms with van der Waals surface area (Å²) in [6.07, 6.45) is 8.16. The third-order valence-corrected chi connectivity index (χ3v) is 3.49. The van der Waals surface area contributed by atoms with E-state index in [9.17, 15) is 0 Å². The van der Waals surface area contributed by atoms with Gasteiger partial charge < -0.3 is 5.73 Å². The summed E-state index contributed by atoms with van der Waals surface area (Å²) in [6, 6.07) is 1.20. The minimum atomic E-state index is 0.372. The molecule has 0 amide bonds. The smallest absolute Gasteiger partial charge is 0.0165 e. The lowest BCUT2D eigenvalue weighted by molar-refractivity contribution is 0.154. The maximum Gasteiger partial charge on any atom is 0.0165 e. The Balaban J connectivity index is 2.35. The van der Waals surface area contributed by atoms with Crippen molar-refractivity contribution in [1.82, 2.24) is 4.90 Å². The van der Waals surface area contributed by atoms with Gasteiger partial charge in [-0.3, -0.25) is 4.90 Å². The van der Waals surface area contributed by atoms with Crippen LogP contribution in [-0.2, 0) is 0 Å². The summed E-state index contributed by atoms with van der Waals surface area (Å²) in [5.41, 5.74) is 6.01.